The van der Waals surface area contributed by atoms with E-state index in [-0.39, 0.29) is 5.41 Å². The van der Waals surface area contributed by atoms with E-state index in [1.165, 1.54) is 11.1 Å². The van der Waals surface area contributed by atoms with Crippen LogP contribution < -0.4 is 0 Å². The van der Waals surface area contributed by atoms with Gasteiger partial charge in [-0.05, 0) is 5.41 Å². The highest BCUT2D eigenvalue weighted by Gasteiger charge is 2.19. The van der Waals surface area contributed by atoms with Crippen LogP contribution in [0.15, 0.2) is 18.6 Å². The van der Waals surface area contributed by atoms with Crippen molar-refractivity contribution >= 4 is 10.9 Å². The molecule has 0 bridgehead atoms. The van der Waals surface area contributed by atoms with Gasteiger partial charge < -0.3 is 0 Å². The predicted octanol–water partition coefficient (Wildman–Crippen LogP) is 2.27. The molecule has 2 heterocycles. The van der Waals surface area contributed by atoms with Crippen molar-refractivity contribution < 1.29 is 0 Å². The minimum Gasteiger partial charge on any atom is -0.268 e. The van der Waals surface area contributed by atoms with Crippen LogP contribution in [-0.2, 0) is 12.5 Å². The van der Waals surface area contributed by atoms with Gasteiger partial charge in [0.05, 0.1) is 11.7 Å². The number of hydrogen-bond acceptors (Lipinski definition) is 2. The van der Waals surface area contributed by atoms with Crippen molar-refractivity contribution in [1.82, 2.24) is 14.8 Å². The van der Waals surface area contributed by atoms with Crippen molar-refractivity contribution in [3.63, 3.8) is 0 Å². The lowest BCUT2D eigenvalue weighted by molar-refractivity contribution is 0.588. The van der Waals surface area contributed by atoms with Crippen molar-refractivity contribution in [2.45, 2.75) is 26.2 Å². The molecule has 3 nitrogen and oxygen atoms in total. The standard InChI is InChI=1S/C11H15N3/c1-11(2,3)9-7-12-5-8-6-13-14(4)10(8)9/h5-7H,1-4H3. The van der Waals surface area contributed by atoms with Crippen molar-refractivity contribution in [3.05, 3.63) is 24.2 Å². The molecule has 0 aliphatic rings. The summed E-state index contributed by atoms with van der Waals surface area (Å²) in [5.74, 6) is 0. The molecule has 0 aliphatic carbocycles. The average Bonchev–Trinajstić information content (AvgIpc) is 2.46. The minimum absolute atomic E-state index is 0.111. The van der Waals surface area contributed by atoms with Gasteiger partial charge in [-0.2, -0.15) is 5.10 Å². The normalized spacial score (nSPS) is 12.3. The van der Waals surface area contributed by atoms with Crippen LogP contribution in [0.1, 0.15) is 26.3 Å². The van der Waals surface area contributed by atoms with Crippen LogP contribution in [0.25, 0.3) is 10.9 Å². The SMILES string of the molecule is Cn1ncc2cncc(C(C)(C)C)c21. The third-order valence-electron chi connectivity index (χ3n) is 2.45. The highest BCUT2D eigenvalue weighted by molar-refractivity contribution is 5.81. The van der Waals surface area contributed by atoms with Crippen molar-refractivity contribution in [2.75, 3.05) is 0 Å². The van der Waals surface area contributed by atoms with Gasteiger partial charge in [-0.25, -0.2) is 0 Å². The van der Waals surface area contributed by atoms with Crippen LogP contribution in [-0.4, -0.2) is 14.8 Å². The Kier molecular flexibility index (Phi) is 1.84. The number of rotatable bonds is 0. The highest BCUT2D eigenvalue weighted by atomic mass is 15.2. The minimum atomic E-state index is 0.111. The summed E-state index contributed by atoms with van der Waals surface area (Å²) in [6.07, 6.45) is 5.65. The van der Waals surface area contributed by atoms with Gasteiger partial charge in [0.15, 0.2) is 0 Å². The molecule has 0 N–H and O–H groups in total. The topological polar surface area (TPSA) is 30.7 Å². The summed E-state index contributed by atoms with van der Waals surface area (Å²) in [6.45, 7) is 6.57. The molecule has 14 heavy (non-hydrogen) atoms. The molecule has 0 saturated carbocycles. The van der Waals surface area contributed by atoms with Crippen LogP contribution >= 0.6 is 0 Å². The predicted molar refractivity (Wildman–Crippen MR) is 57.2 cm³/mol. The van der Waals surface area contributed by atoms with Gasteiger partial charge in [0.2, 0.25) is 0 Å². The number of aromatic nitrogens is 3. The van der Waals surface area contributed by atoms with E-state index in [0.717, 1.165) is 5.39 Å². The zero-order valence-electron chi connectivity index (χ0n) is 9.07. The van der Waals surface area contributed by atoms with Gasteiger partial charge in [0.25, 0.3) is 0 Å². The summed E-state index contributed by atoms with van der Waals surface area (Å²) in [7, 11) is 1.97. The Balaban J connectivity index is 2.82. The first-order valence-corrected chi connectivity index (χ1v) is 4.76. The fourth-order valence-electron chi connectivity index (χ4n) is 1.68. The molecule has 2 rings (SSSR count). The van der Waals surface area contributed by atoms with E-state index < -0.39 is 0 Å². The van der Waals surface area contributed by atoms with E-state index in [0.29, 0.717) is 0 Å². The summed E-state index contributed by atoms with van der Waals surface area (Å²) in [6, 6.07) is 0. The second kappa shape index (κ2) is 2.80. The monoisotopic (exact) mass is 189 g/mol. The smallest absolute Gasteiger partial charge is 0.0747 e. The zero-order chi connectivity index (χ0) is 10.3. The first-order valence-electron chi connectivity index (χ1n) is 4.76. The van der Waals surface area contributed by atoms with E-state index in [9.17, 15) is 0 Å². The van der Waals surface area contributed by atoms with Crippen LogP contribution in [0.5, 0.6) is 0 Å². The Morgan fingerprint density at radius 3 is 2.50 bits per heavy atom. The Hall–Kier alpha value is -1.38. The van der Waals surface area contributed by atoms with Crippen LogP contribution in [0, 0.1) is 0 Å². The molecule has 74 valence electrons. The van der Waals surface area contributed by atoms with Crippen LogP contribution in [0.3, 0.4) is 0 Å². The largest absolute Gasteiger partial charge is 0.268 e. The molecule has 0 aromatic carbocycles. The molecule has 0 aliphatic heterocycles. The van der Waals surface area contributed by atoms with Gasteiger partial charge >= 0.3 is 0 Å². The van der Waals surface area contributed by atoms with Crippen molar-refractivity contribution in [3.8, 4) is 0 Å². The van der Waals surface area contributed by atoms with Crippen LogP contribution in [0.2, 0.25) is 0 Å². The van der Waals surface area contributed by atoms with Crippen molar-refractivity contribution in [2.24, 2.45) is 7.05 Å². The third-order valence-corrected chi connectivity index (χ3v) is 2.45. The summed E-state index contributed by atoms with van der Waals surface area (Å²) >= 11 is 0. The first kappa shape index (κ1) is 9.19. The maximum absolute atomic E-state index is 4.25. The van der Waals surface area contributed by atoms with Crippen LogP contribution in [0.4, 0.5) is 0 Å². The molecule has 0 fully saturated rings. The molecule has 2 aromatic rings. The quantitative estimate of drug-likeness (QED) is 0.636. The van der Waals surface area contributed by atoms with E-state index in [4.69, 9.17) is 0 Å². The zero-order valence-corrected chi connectivity index (χ0v) is 9.07. The Morgan fingerprint density at radius 1 is 1.14 bits per heavy atom. The Bertz CT molecular complexity index is 463. The summed E-state index contributed by atoms with van der Waals surface area (Å²) < 4.78 is 1.91. The Labute approximate surface area is 83.8 Å². The van der Waals surface area contributed by atoms with E-state index >= 15 is 0 Å². The Morgan fingerprint density at radius 2 is 1.86 bits per heavy atom. The number of pyridine rings is 1. The van der Waals surface area contributed by atoms with Gasteiger partial charge in [-0.3, -0.25) is 9.67 Å². The lowest BCUT2D eigenvalue weighted by Crippen LogP contribution is -2.13. The molecular formula is C11H15N3. The lowest BCUT2D eigenvalue weighted by atomic mass is 9.87. The molecule has 2 aromatic heterocycles. The van der Waals surface area contributed by atoms with Crippen molar-refractivity contribution in [1.29, 1.82) is 0 Å². The molecule has 0 amide bonds. The van der Waals surface area contributed by atoms with E-state index in [1.807, 2.05) is 30.3 Å². The number of hydrogen-bond donors (Lipinski definition) is 0. The molecule has 0 unspecified atom stereocenters. The molecule has 0 atom stereocenters. The second-order valence-electron chi connectivity index (χ2n) is 4.64. The number of aryl methyl sites for hydroxylation is 1. The molecular weight excluding hydrogens is 174 g/mol. The molecule has 0 saturated heterocycles. The van der Waals surface area contributed by atoms with E-state index in [2.05, 4.69) is 30.9 Å². The fraction of sp³-hybridized carbons (Fsp3) is 0.455. The molecule has 3 heteroatoms. The maximum Gasteiger partial charge on any atom is 0.0747 e. The second-order valence-corrected chi connectivity index (χ2v) is 4.64. The fourth-order valence-corrected chi connectivity index (χ4v) is 1.68. The third kappa shape index (κ3) is 1.29. The number of fused-ring (bicyclic) bond motifs is 1. The summed E-state index contributed by atoms with van der Waals surface area (Å²) in [5, 5.41) is 5.36. The van der Waals surface area contributed by atoms with Gasteiger partial charge in [-0.15, -0.1) is 0 Å². The summed E-state index contributed by atoms with van der Waals surface area (Å²) in [5.41, 5.74) is 2.54. The molecule has 0 radical (unpaired) electrons. The summed E-state index contributed by atoms with van der Waals surface area (Å²) in [4.78, 5) is 4.24. The lowest BCUT2D eigenvalue weighted by Gasteiger charge is -2.19. The van der Waals surface area contributed by atoms with E-state index in [1.54, 1.807) is 0 Å². The first-order chi connectivity index (χ1) is 6.50. The van der Waals surface area contributed by atoms with Gasteiger partial charge in [0.1, 0.15) is 0 Å². The number of nitrogens with zero attached hydrogens (tertiary/aromatic N) is 3. The maximum atomic E-state index is 4.25. The van der Waals surface area contributed by atoms with Gasteiger partial charge in [-0.1, -0.05) is 20.8 Å². The molecule has 0 spiro atoms. The van der Waals surface area contributed by atoms with Gasteiger partial charge in [0, 0.05) is 30.4 Å². The average molecular weight is 189 g/mol. The highest BCUT2D eigenvalue weighted by Crippen LogP contribution is 2.28.